The number of carbonyl (C=O) groups excluding carboxylic acids is 1. The second kappa shape index (κ2) is 5.94. The number of hydrogen-bond acceptors (Lipinski definition) is 6. The van der Waals surface area contributed by atoms with Crippen molar-refractivity contribution in [2.24, 2.45) is 0 Å². The molecule has 1 aromatic rings. The van der Waals surface area contributed by atoms with Crippen molar-refractivity contribution in [2.45, 2.75) is 31.9 Å². The minimum Gasteiger partial charge on any atom is -0.496 e. The van der Waals surface area contributed by atoms with Crippen molar-refractivity contribution >= 4 is 22.0 Å². The zero-order valence-corrected chi connectivity index (χ0v) is 14.5. The average molecular weight is 380 g/mol. The van der Waals surface area contributed by atoms with E-state index in [-0.39, 0.29) is 22.6 Å². The van der Waals surface area contributed by atoms with Gasteiger partial charge in [-0.1, -0.05) is 0 Å². The molecule has 1 aromatic carbocycles. The summed E-state index contributed by atoms with van der Waals surface area (Å²) in [5.74, 6) is -1.39. The van der Waals surface area contributed by atoms with Gasteiger partial charge in [0.15, 0.2) is 11.5 Å². The molecule has 0 saturated carbocycles. The molecule has 1 aliphatic heterocycles. The van der Waals surface area contributed by atoms with Crippen LogP contribution in [0.1, 0.15) is 36.7 Å². The molecule has 0 amide bonds. The molecule has 0 aromatic heterocycles. The van der Waals surface area contributed by atoms with E-state index >= 15 is 0 Å². The van der Waals surface area contributed by atoms with Gasteiger partial charge in [0, 0.05) is 6.07 Å². The first-order chi connectivity index (χ1) is 11.3. The van der Waals surface area contributed by atoms with Crippen molar-refractivity contribution in [3.8, 4) is 17.2 Å². The van der Waals surface area contributed by atoms with Gasteiger partial charge in [-0.15, -0.1) is 0 Å². The molecule has 25 heavy (non-hydrogen) atoms. The van der Waals surface area contributed by atoms with Crippen LogP contribution in [0.25, 0.3) is 6.08 Å². The van der Waals surface area contributed by atoms with Crippen molar-refractivity contribution < 1.29 is 40.0 Å². The molecule has 0 bridgehead atoms. The molecule has 2 rings (SSSR count). The van der Waals surface area contributed by atoms with E-state index in [9.17, 15) is 26.4 Å². The summed E-state index contributed by atoms with van der Waals surface area (Å²) in [6.45, 7) is 4.53. The highest BCUT2D eigenvalue weighted by Crippen LogP contribution is 2.45. The Hall–Kier alpha value is -2.23. The van der Waals surface area contributed by atoms with Crippen LogP contribution in [0, 0.1) is 0 Å². The topological polar surface area (TPSA) is 78.9 Å². The van der Waals surface area contributed by atoms with Crippen LogP contribution in [0.15, 0.2) is 12.1 Å². The van der Waals surface area contributed by atoms with Crippen molar-refractivity contribution in [1.29, 1.82) is 0 Å². The lowest BCUT2D eigenvalue weighted by Gasteiger charge is -2.30. The average Bonchev–Trinajstić information content (AvgIpc) is 2.43. The number of ether oxygens (including phenoxy) is 2. The number of fused-ring (bicyclic) bond motifs is 1. The molecule has 0 aliphatic carbocycles. The van der Waals surface area contributed by atoms with E-state index in [2.05, 4.69) is 4.18 Å². The Bertz CT molecular complexity index is 853. The van der Waals surface area contributed by atoms with Gasteiger partial charge in [-0.3, -0.25) is 4.79 Å². The fourth-order valence-corrected chi connectivity index (χ4v) is 2.67. The molecule has 1 heterocycles. The van der Waals surface area contributed by atoms with E-state index in [4.69, 9.17) is 9.47 Å². The van der Waals surface area contributed by atoms with Crippen molar-refractivity contribution in [3.05, 3.63) is 23.3 Å². The molecule has 10 heteroatoms. The first kappa shape index (κ1) is 19.1. The summed E-state index contributed by atoms with van der Waals surface area (Å²) in [6, 6.07) is 0.908. The van der Waals surface area contributed by atoms with Gasteiger partial charge < -0.3 is 13.7 Å². The molecule has 0 unspecified atom stereocenters. The molecular formula is C15H15F3O6S. The minimum absolute atomic E-state index is 0.0216. The molecule has 0 saturated heterocycles. The highest BCUT2D eigenvalue weighted by Gasteiger charge is 2.49. The number of ketones is 1. The summed E-state index contributed by atoms with van der Waals surface area (Å²) in [6.07, 6.45) is 2.84. The largest absolute Gasteiger partial charge is 0.534 e. The van der Waals surface area contributed by atoms with Gasteiger partial charge in [0.05, 0.1) is 12.7 Å². The Labute approximate surface area is 142 Å². The Morgan fingerprint density at radius 3 is 2.32 bits per heavy atom. The van der Waals surface area contributed by atoms with Gasteiger partial charge in [-0.2, -0.15) is 21.6 Å². The van der Waals surface area contributed by atoms with Crippen molar-refractivity contribution in [1.82, 2.24) is 0 Å². The number of alkyl halides is 3. The van der Waals surface area contributed by atoms with Crippen LogP contribution < -0.4 is 13.7 Å². The Morgan fingerprint density at radius 1 is 1.24 bits per heavy atom. The summed E-state index contributed by atoms with van der Waals surface area (Å²) in [7, 11) is -4.72. The smallest absolute Gasteiger partial charge is 0.496 e. The third-order valence-electron chi connectivity index (χ3n) is 3.32. The molecule has 0 N–H and O–H groups in total. The summed E-state index contributed by atoms with van der Waals surface area (Å²) >= 11 is 0. The summed E-state index contributed by atoms with van der Waals surface area (Å²) in [5, 5.41) is 0. The maximum Gasteiger partial charge on any atom is 0.534 e. The number of hydrogen-bond donors (Lipinski definition) is 0. The van der Waals surface area contributed by atoms with Crippen LogP contribution in [0.4, 0.5) is 13.2 Å². The lowest BCUT2D eigenvalue weighted by atomic mass is 9.97. The van der Waals surface area contributed by atoms with Gasteiger partial charge in [0.2, 0.25) is 0 Å². The zero-order valence-electron chi connectivity index (χ0n) is 13.7. The number of halogens is 3. The first-order valence-electron chi connectivity index (χ1n) is 6.94. The standard InChI is InChI=1S/C15H15F3O6S/c1-8(19)12-11(22-4)7-10(24-25(20,21)15(16,17)18)9-5-6-14(2,3)23-13(9)12/h5-7H,1-4H3. The van der Waals surface area contributed by atoms with E-state index in [1.54, 1.807) is 13.8 Å². The second-order valence-electron chi connectivity index (χ2n) is 5.77. The molecule has 0 spiro atoms. The summed E-state index contributed by atoms with van der Waals surface area (Å²) in [5.41, 5.74) is -6.60. The first-order valence-corrected chi connectivity index (χ1v) is 8.35. The predicted molar refractivity (Wildman–Crippen MR) is 82.3 cm³/mol. The van der Waals surface area contributed by atoms with E-state index in [0.717, 1.165) is 6.07 Å². The van der Waals surface area contributed by atoms with E-state index < -0.39 is 32.8 Å². The van der Waals surface area contributed by atoms with Crippen LogP contribution in [0.2, 0.25) is 0 Å². The normalized spacial score (nSPS) is 16.0. The van der Waals surface area contributed by atoms with Crippen LogP contribution in [-0.4, -0.2) is 32.4 Å². The van der Waals surface area contributed by atoms with E-state index in [1.807, 2.05) is 0 Å². The SMILES string of the molecule is COc1cc(OS(=O)(=O)C(F)(F)F)c2c(c1C(C)=O)OC(C)(C)C=C2. The van der Waals surface area contributed by atoms with E-state index in [0.29, 0.717) is 0 Å². The quantitative estimate of drug-likeness (QED) is 0.453. The Balaban J connectivity index is 2.74. The third kappa shape index (κ3) is 3.58. The molecule has 0 atom stereocenters. The van der Waals surface area contributed by atoms with Gasteiger partial charge >= 0.3 is 15.6 Å². The van der Waals surface area contributed by atoms with Gasteiger partial charge in [-0.05, 0) is 32.9 Å². The maximum absolute atomic E-state index is 12.6. The fourth-order valence-electron chi connectivity index (χ4n) is 2.20. The number of rotatable bonds is 4. The summed E-state index contributed by atoms with van der Waals surface area (Å²) in [4.78, 5) is 11.9. The van der Waals surface area contributed by atoms with Crippen molar-refractivity contribution in [2.75, 3.05) is 7.11 Å². The lowest BCUT2D eigenvalue weighted by molar-refractivity contribution is -0.0500. The van der Waals surface area contributed by atoms with Gasteiger partial charge in [0.25, 0.3) is 0 Å². The van der Waals surface area contributed by atoms with Crippen LogP contribution in [-0.2, 0) is 10.1 Å². The highest BCUT2D eigenvalue weighted by atomic mass is 32.2. The van der Waals surface area contributed by atoms with Crippen molar-refractivity contribution in [3.63, 3.8) is 0 Å². The second-order valence-corrected chi connectivity index (χ2v) is 7.31. The number of Topliss-reactive ketones (excluding diaryl/α,β-unsaturated/α-hetero) is 1. The molecular weight excluding hydrogens is 365 g/mol. The fraction of sp³-hybridized carbons (Fsp3) is 0.400. The van der Waals surface area contributed by atoms with Crippen LogP contribution in [0.5, 0.6) is 17.2 Å². The lowest BCUT2D eigenvalue weighted by Crippen LogP contribution is -2.30. The monoisotopic (exact) mass is 380 g/mol. The van der Waals surface area contributed by atoms with Gasteiger partial charge in [-0.25, -0.2) is 0 Å². The molecule has 1 aliphatic rings. The minimum atomic E-state index is -5.90. The Kier molecular flexibility index (Phi) is 4.54. The predicted octanol–water partition coefficient (Wildman–Crippen LogP) is 3.31. The van der Waals surface area contributed by atoms with Gasteiger partial charge in [0.1, 0.15) is 22.7 Å². The number of carbonyl (C=O) groups is 1. The number of methoxy groups -OCH3 is 1. The van der Waals surface area contributed by atoms with E-state index in [1.165, 1.54) is 26.2 Å². The summed E-state index contributed by atoms with van der Waals surface area (Å²) < 4.78 is 75.4. The molecule has 0 radical (unpaired) electrons. The maximum atomic E-state index is 12.6. The third-order valence-corrected chi connectivity index (χ3v) is 4.28. The molecule has 0 fully saturated rings. The molecule has 138 valence electrons. The zero-order chi connectivity index (χ0) is 19.2. The molecule has 6 nitrogen and oxygen atoms in total. The highest BCUT2D eigenvalue weighted by molar-refractivity contribution is 7.88. The Morgan fingerprint density at radius 2 is 1.84 bits per heavy atom. The van der Waals surface area contributed by atoms with Crippen LogP contribution >= 0.6 is 0 Å². The van der Waals surface area contributed by atoms with Crippen LogP contribution in [0.3, 0.4) is 0 Å². The number of benzene rings is 1.